The number of carboxylic acid groups (broad SMARTS) is 1. The first-order chi connectivity index (χ1) is 9.38. The largest absolute Gasteiger partial charge is 0.480 e. The van der Waals surface area contributed by atoms with E-state index in [0.29, 0.717) is 10.2 Å². The lowest BCUT2D eigenvalue weighted by Gasteiger charge is -2.08. The van der Waals surface area contributed by atoms with Crippen LogP contribution in [0.25, 0.3) is 0 Å². The van der Waals surface area contributed by atoms with E-state index in [1.165, 1.54) is 0 Å². The molecule has 0 saturated carbocycles. The normalized spacial score (nSPS) is 9.90. The Morgan fingerprint density at radius 2 is 1.90 bits per heavy atom. The highest BCUT2D eigenvalue weighted by Gasteiger charge is 2.10. The molecule has 0 aliphatic heterocycles. The number of anilines is 1. The maximum atomic E-state index is 11.5. The molecule has 0 fully saturated rings. The molecule has 0 radical (unpaired) electrons. The average molecular weight is 410 g/mol. The van der Waals surface area contributed by atoms with Gasteiger partial charge in [0, 0.05) is 8.95 Å². The molecule has 108 valence electrons. The van der Waals surface area contributed by atoms with Crippen molar-refractivity contribution in [3.8, 4) is 0 Å². The molecule has 1 aromatic rings. The maximum absolute atomic E-state index is 11.5. The van der Waals surface area contributed by atoms with Crippen molar-refractivity contribution in [3.63, 3.8) is 0 Å². The number of carboxylic acids is 1. The number of carbonyl (C=O) groups excluding carboxylic acids is 2. The summed E-state index contributed by atoms with van der Waals surface area (Å²) in [7, 11) is 0. The molecule has 1 rings (SSSR count). The van der Waals surface area contributed by atoms with E-state index < -0.39 is 31.1 Å². The molecular weight excluding hydrogens is 400 g/mol. The lowest BCUT2D eigenvalue weighted by Crippen LogP contribution is -2.37. The minimum absolute atomic E-state index is 0.477. The molecular formula is C11H10Br2N2O5. The van der Waals surface area contributed by atoms with Gasteiger partial charge in [-0.1, -0.05) is 15.9 Å². The van der Waals surface area contributed by atoms with Gasteiger partial charge in [-0.25, -0.2) is 9.59 Å². The van der Waals surface area contributed by atoms with Crippen LogP contribution in [-0.4, -0.2) is 36.2 Å². The first-order valence-corrected chi connectivity index (χ1v) is 6.82. The van der Waals surface area contributed by atoms with Crippen molar-refractivity contribution in [1.29, 1.82) is 0 Å². The molecule has 0 atom stereocenters. The minimum Gasteiger partial charge on any atom is -0.480 e. The summed E-state index contributed by atoms with van der Waals surface area (Å²) in [6, 6.07) is 4.35. The number of urea groups is 1. The molecule has 7 nitrogen and oxygen atoms in total. The molecule has 3 amide bonds. The lowest BCUT2D eigenvalue weighted by molar-refractivity contribution is -0.143. The van der Waals surface area contributed by atoms with Crippen molar-refractivity contribution in [2.75, 3.05) is 18.5 Å². The van der Waals surface area contributed by atoms with Crippen LogP contribution < -0.4 is 10.6 Å². The van der Waals surface area contributed by atoms with Crippen LogP contribution in [0.3, 0.4) is 0 Å². The Bertz CT molecular complexity index is 536. The minimum atomic E-state index is -1.19. The zero-order valence-electron chi connectivity index (χ0n) is 9.98. The second kappa shape index (κ2) is 7.98. The molecule has 0 aliphatic carbocycles. The number of benzene rings is 1. The highest BCUT2D eigenvalue weighted by atomic mass is 79.9. The summed E-state index contributed by atoms with van der Waals surface area (Å²) in [5.41, 5.74) is 0.477. The summed E-state index contributed by atoms with van der Waals surface area (Å²) >= 11 is 6.52. The van der Waals surface area contributed by atoms with Crippen LogP contribution in [0.15, 0.2) is 27.1 Å². The third-order valence-corrected chi connectivity index (χ3v) is 3.04. The van der Waals surface area contributed by atoms with E-state index in [1.807, 2.05) is 5.32 Å². The molecule has 0 aliphatic rings. The van der Waals surface area contributed by atoms with Crippen LogP contribution in [0.4, 0.5) is 10.5 Å². The summed E-state index contributed by atoms with van der Waals surface area (Å²) in [5.74, 6) is -1.93. The number of aliphatic carboxylic acids is 1. The molecule has 3 N–H and O–H groups in total. The van der Waals surface area contributed by atoms with Gasteiger partial charge in [0.2, 0.25) is 0 Å². The van der Waals surface area contributed by atoms with Gasteiger partial charge in [0.25, 0.3) is 5.91 Å². The fraction of sp³-hybridized carbons (Fsp3) is 0.182. The number of rotatable bonds is 5. The number of nitrogens with one attached hydrogen (secondary N) is 2. The van der Waals surface area contributed by atoms with Gasteiger partial charge in [-0.2, -0.15) is 0 Å². The third-order valence-electron chi connectivity index (χ3n) is 1.89. The predicted molar refractivity (Wildman–Crippen MR) is 77.5 cm³/mol. The number of carbonyl (C=O) groups is 3. The van der Waals surface area contributed by atoms with Crippen molar-refractivity contribution in [2.24, 2.45) is 0 Å². The van der Waals surface area contributed by atoms with E-state index in [4.69, 9.17) is 5.11 Å². The third kappa shape index (κ3) is 6.13. The first-order valence-electron chi connectivity index (χ1n) is 5.24. The maximum Gasteiger partial charge on any atom is 0.329 e. The van der Waals surface area contributed by atoms with Crippen molar-refractivity contribution in [1.82, 2.24) is 5.32 Å². The van der Waals surface area contributed by atoms with Gasteiger partial charge in [0.15, 0.2) is 0 Å². The zero-order valence-corrected chi connectivity index (χ0v) is 13.2. The molecule has 20 heavy (non-hydrogen) atoms. The molecule has 0 unspecified atom stereocenters. The number of halogens is 2. The van der Waals surface area contributed by atoms with E-state index in [9.17, 15) is 14.4 Å². The number of imide groups is 1. The van der Waals surface area contributed by atoms with Gasteiger partial charge in [-0.15, -0.1) is 0 Å². The monoisotopic (exact) mass is 408 g/mol. The second-order valence-electron chi connectivity index (χ2n) is 3.51. The Morgan fingerprint density at radius 1 is 1.20 bits per heavy atom. The summed E-state index contributed by atoms with van der Waals surface area (Å²) in [4.78, 5) is 32.9. The van der Waals surface area contributed by atoms with Crippen LogP contribution in [0.1, 0.15) is 0 Å². The van der Waals surface area contributed by atoms with Gasteiger partial charge < -0.3 is 15.2 Å². The lowest BCUT2D eigenvalue weighted by atomic mass is 10.3. The van der Waals surface area contributed by atoms with E-state index in [2.05, 4.69) is 41.9 Å². The molecule has 0 saturated heterocycles. The number of hydrogen-bond acceptors (Lipinski definition) is 4. The molecule has 0 bridgehead atoms. The second-order valence-corrected chi connectivity index (χ2v) is 5.28. The number of amides is 3. The predicted octanol–water partition coefficient (Wildman–Crippen LogP) is 1.96. The Balaban J connectivity index is 2.43. The highest BCUT2D eigenvalue weighted by Crippen LogP contribution is 2.25. The first kappa shape index (κ1) is 16.6. The highest BCUT2D eigenvalue weighted by molar-refractivity contribution is 9.11. The average Bonchev–Trinajstić information content (AvgIpc) is 2.32. The molecule has 0 spiro atoms. The molecule has 1 aromatic carbocycles. The summed E-state index contributed by atoms with van der Waals surface area (Å²) < 4.78 is 6.00. The Hall–Kier alpha value is -1.45. The topological polar surface area (TPSA) is 105 Å². The van der Waals surface area contributed by atoms with Gasteiger partial charge in [-0.3, -0.25) is 10.1 Å². The molecule has 0 aromatic heterocycles. The van der Waals surface area contributed by atoms with Gasteiger partial charge >= 0.3 is 12.0 Å². The van der Waals surface area contributed by atoms with Gasteiger partial charge in [-0.05, 0) is 34.1 Å². The molecule has 9 heteroatoms. The van der Waals surface area contributed by atoms with E-state index in [-0.39, 0.29) is 0 Å². The van der Waals surface area contributed by atoms with Crippen molar-refractivity contribution in [2.45, 2.75) is 0 Å². The summed E-state index contributed by atoms with van der Waals surface area (Å²) in [6.45, 7) is -1.12. The molecule has 0 heterocycles. The smallest absolute Gasteiger partial charge is 0.329 e. The fourth-order valence-corrected chi connectivity index (χ4v) is 2.28. The van der Waals surface area contributed by atoms with Crippen molar-refractivity contribution < 1.29 is 24.2 Å². The van der Waals surface area contributed by atoms with Crippen molar-refractivity contribution in [3.05, 3.63) is 27.1 Å². The van der Waals surface area contributed by atoms with E-state index in [0.717, 1.165) is 4.47 Å². The summed E-state index contributed by atoms with van der Waals surface area (Å²) in [5, 5.41) is 12.8. The Morgan fingerprint density at radius 3 is 2.50 bits per heavy atom. The Kier molecular flexibility index (Phi) is 6.62. The van der Waals surface area contributed by atoms with Crippen LogP contribution >= 0.6 is 31.9 Å². The van der Waals surface area contributed by atoms with Crippen LogP contribution in [0.5, 0.6) is 0 Å². The van der Waals surface area contributed by atoms with Gasteiger partial charge in [0.1, 0.15) is 13.2 Å². The van der Waals surface area contributed by atoms with E-state index >= 15 is 0 Å². The quantitative estimate of drug-likeness (QED) is 0.689. The van der Waals surface area contributed by atoms with E-state index in [1.54, 1.807) is 18.2 Å². The summed E-state index contributed by atoms with van der Waals surface area (Å²) in [6.07, 6.45) is 0. The van der Waals surface area contributed by atoms with Crippen LogP contribution in [0, 0.1) is 0 Å². The van der Waals surface area contributed by atoms with Crippen LogP contribution in [0.2, 0.25) is 0 Å². The van der Waals surface area contributed by atoms with Gasteiger partial charge in [0.05, 0.1) is 5.69 Å². The zero-order chi connectivity index (χ0) is 15.1. The number of hydrogen-bond donors (Lipinski definition) is 3. The SMILES string of the molecule is O=C(O)COCC(=O)NC(=O)Nc1ccc(Br)cc1Br. The van der Waals surface area contributed by atoms with Crippen molar-refractivity contribution >= 4 is 55.5 Å². The Labute approximate surface area is 130 Å². The fourth-order valence-electron chi connectivity index (χ4n) is 1.14. The van der Waals surface area contributed by atoms with Crippen LogP contribution in [-0.2, 0) is 14.3 Å². The standard InChI is InChI=1S/C11H10Br2N2O5/c12-6-1-2-8(7(13)3-6)14-11(19)15-9(16)4-20-5-10(17)18/h1-3H,4-5H2,(H,17,18)(H2,14,15,16,19). The number of ether oxygens (including phenoxy) is 1.